The quantitative estimate of drug-likeness (QED) is 0.864. The topological polar surface area (TPSA) is 49.8 Å². The third-order valence-electron chi connectivity index (χ3n) is 4.88. The number of hydrogen-bond donors (Lipinski definition) is 1. The number of fused-ring (bicyclic) bond motifs is 3. The Morgan fingerprint density at radius 3 is 2.16 bits per heavy atom. The minimum absolute atomic E-state index is 0.0613. The van der Waals surface area contributed by atoms with Crippen LogP contribution in [0.1, 0.15) is 37.3 Å². The van der Waals surface area contributed by atoms with Crippen molar-refractivity contribution in [2.75, 3.05) is 19.7 Å². The molecule has 132 valence electrons. The van der Waals surface area contributed by atoms with Gasteiger partial charge in [0.05, 0.1) is 6.10 Å². The van der Waals surface area contributed by atoms with Crippen LogP contribution in [-0.2, 0) is 4.74 Å². The van der Waals surface area contributed by atoms with E-state index in [1.807, 2.05) is 38.1 Å². The summed E-state index contributed by atoms with van der Waals surface area (Å²) in [5, 5.41) is 9.80. The monoisotopic (exact) mass is 339 g/mol. The minimum atomic E-state index is -0.513. The van der Waals surface area contributed by atoms with Crippen LogP contribution in [0.3, 0.4) is 0 Å². The lowest BCUT2D eigenvalue weighted by Crippen LogP contribution is -2.38. The Balaban J connectivity index is 1.74. The third kappa shape index (κ3) is 3.54. The second kappa shape index (κ2) is 7.70. The van der Waals surface area contributed by atoms with E-state index in [0.717, 1.165) is 0 Å². The molecular weight excluding hydrogens is 314 g/mol. The molecule has 3 rings (SSSR count). The maximum Gasteiger partial charge on any atom is 0.409 e. The lowest BCUT2D eigenvalue weighted by molar-refractivity contribution is 0.0723. The molecule has 0 unspecified atom stereocenters. The number of carbonyl (C=O) groups excluding carboxylic acids is 1. The molecule has 2 aromatic rings. The standard InChI is InChI=1S/C21H25NO3/c1-3-15(23)13-22(4-2)21(24)25-14-20-18-11-7-5-9-16(18)17-10-6-8-12-19(17)20/h5-12,15,20,23H,3-4,13-14H2,1-2H3/t15-/m0/s1. The van der Waals surface area contributed by atoms with Gasteiger partial charge in [-0.05, 0) is 35.6 Å². The van der Waals surface area contributed by atoms with E-state index in [0.29, 0.717) is 26.1 Å². The number of hydrogen-bond acceptors (Lipinski definition) is 3. The second-order valence-electron chi connectivity index (χ2n) is 6.40. The normalized spacial score (nSPS) is 13.9. The predicted molar refractivity (Wildman–Crippen MR) is 98.6 cm³/mol. The highest BCUT2D eigenvalue weighted by Crippen LogP contribution is 2.44. The number of amides is 1. The fraction of sp³-hybridized carbons (Fsp3) is 0.381. The average Bonchev–Trinajstić information content (AvgIpc) is 2.98. The van der Waals surface area contributed by atoms with E-state index < -0.39 is 6.10 Å². The maximum absolute atomic E-state index is 12.4. The van der Waals surface area contributed by atoms with Crippen LogP contribution in [0.25, 0.3) is 11.1 Å². The summed E-state index contributed by atoms with van der Waals surface area (Å²) in [6.45, 7) is 4.93. The summed E-state index contributed by atoms with van der Waals surface area (Å²) in [5.74, 6) is 0.0613. The van der Waals surface area contributed by atoms with E-state index in [2.05, 4.69) is 24.3 Å². The van der Waals surface area contributed by atoms with Crippen molar-refractivity contribution < 1.29 is 14.6 Å². The number of rotatable bonds is 6. The minimum Gasteiger partial charge on any atom is -0.448 e. The number of ether oxygens (including phenoxy) is 1. The van der Waals surface area contributed by atoms with Crippen LogP contribution in [0.5, 0.6) is 0 Å². The highest BCUT2D eigenvalue weighted by molar-refractivity contribution is 5.79. The van der Waals surface area contributed by atoms with Gasteiger partial charge in [0.15, 0.2) is 0 Å². The predicted octanol–water partition coefficient (Wildman–Crippen LogP) is 4.03. The number of aliphatic hydroxyl groups is 1. The van der Waals surface area contributed by atoms with Gasteiger partial charge in [0.2, 0.25) is 0 Å². The van der Waals surface area contributed by atoms with E-state index in [-0.39, 0.29) is 12.0 Å². The van der Waals surface area contributed by atoms with E-state index in [1.165, 1.54) is 22.3 Å². The van der Waals surface area contributed by atoms with Gasteiger partial charge < -0.3 is 14.7 Å². The Hall–Kier alpha value is -2.33. The summed E-state index contributed by atoms with van der Waals surface area (Å²) in [6.07, 6.45) is -0.259. The smallest absolute Gasteiger partial charge is 0.409 e. The third-order valence-corrected chi connectivity index (χ3v) is 4.88. The van der Waals surface area contributed by atoms with Gasteiger partial charge in [0, 0.05) is 19.0 Å². The lowest BCUT2D eigenvalue weighted by atomic mass is 9.98. The van der Waals surface area contributed by atoms with Crippen molar-refractivity contribution in [1.29, 1.82) is 0 Å². The molecule has 1 amide bonds. The van der Waals surface area contributed by atoms with Crippen LogP contribution in [-0.4, -0.2) is 41.9 Å². The lowest BCUT2D eigenvalue weighted by Gasteiger charge is -2.24. The zero-order valence-electron chi connectivity index (χ0n) is 14.8. The van der Waals surface area contributed by atoms with Gasteiger partial charge in [-0.1, -0.05) is 55.5 Å². The molecule has 0 aromatic heterocycles. The van der Waals surface area contributed by atoms with E-state index >= 15 is 0 Å². The van der Waals surface area contributed by atoms with Crippen molar-refractivity contribution in [1.82, 2.24) is 4.90 Å². The Bertz CT molecular complexity index is 698. The Morgan fingerprint density at radius 1 is 1.08 bits per heavy atom. The van der Waals surface area contributed by atoms with Crippen LogP contribution in [0.15, 0.2) is 48.5 Å². The van der Waals surface area contributed by atoms with Gasteiger partial charge in [-0.2, -0.15) is 0 Å². The first-order valence-corrected chi connectivity index (χ1v) is 8.93. The molecule has 2 aromatic carbocycles. The molecule has 0 aliphatic heterocycles. The van der Waals surface area contributed by atoms with Crippen molar-refractivity contribution in [3.63, 3.8) is 0 Å². The fourth-order valence-corrected chi connectivity index (χ4v) is 3.40. The molecule has 1 atom stereocenters. The molecule has 1 aliphatic rings. The maximum atomic E-state index is 12.4. The van der Waals surface area contributed by atoms with Gasteiger partial charge in [-0.3, -0.25) is 0 Å². The fourth-order valence-electron chi connectivity index (χ4n) is 3.40. The summed E-state index contributed by atoms with van der Waals surface area (Å²) >= 11 is 0. The van der Waals surface area contributed by atoms with Gasteiger partial charge >= 0.3 is 6.09 Å². The molecule has 0 saturated carbocycles. The summed E-state index contributed by atoms with van der Waals surface area (Å²) in [4.78, 5) is 14.0. The zero-order valence-corrected chi connectivity index (χ0v) is 14.8. The Morgan fingerprint density at radius 2 is 1.64 bits per heavy atom. The highest BCUT2D eigenvalue weighted by Gasteiger charge is 2.29. The van der Waals surface area contributed by atoms with Crippen LogP contribution < -0.4 is 0 Å². The number of likely N-dealkylation sites (N-methyl/N-ethyl adjacent to an activating group) is 1. The van der Waals surface area contributed by atoms with Gasteiger partial charge in [-0.15, -0.1) is 0 Å². The van der Waals surface area contributed by atoms with E-state index in [4.69, 9.17) is 4.74 Å². The number of carbonyl (C=O) groups is 1. The molecule has 25 heavy (non-hydrogen) atoms. The van der Waals surface area contributed by atoms with E-state index in [9.17, 15) is 9.90 Å². The van der Waals surface area contributed by atoms with Crippen molar-refractivity contribution in [2.24, 2.45) is 0 Å². The first-order valence-electron chi connectivity index (χ1n) is 8.93. The summed E-state index contributed by atoms with van der Waals surface area (Å²) in [6, 6.07) is 16.6. The van der Waals surface area contributed by atoms with Gasteiger partial charge in [0.25, 0.3) is 0 Å². The summed E-state index contributed by atoms with van der Waals surface area (Å²) < 4.78 is 5.61. The van der Waals surface area contributed by atoms with E-state index in [1.54, 1.807) is 4.90 Å². The molecule has 0 spiro atoms. The van der Waals surface area contributed by atoms with Crippen molar-refractivity contribution in [3.05, 3.63) is 59.7 Å². The molecular formula is C21H25NO3. The van der Waals surface area contributed by atoms with Crippen molar-refractivity contribution in [2.45, 2.75) is 32.3 Å². The highest BCUT2D eigenvalue weighted by atomic mass is 16.6. The van der Waals surface area contributed by atoms with Crippen LogP contribution >= 0.6 is 0 Å². The van der Waals surface area contributed by atoms with Gasteiger partial charge in [-0.25, -0.2) is 4.79 Å². The molecule has 0 fully saturated rings. The first-order chi connectivity index (χ1) is 12.2. The van der Waals surface area contributed by atoms with Gasteiger partial charge in [0.1, 0.15) is 6.61 Å². The molecule has 0 bridgehead atoms. The zero-order chi connectivity index (χ0) is 17.8. The summed E-state index contributed by atoms with van der Waals surface area (Å²) in [5.41, 5.74) is 4.84. The van der Waals surface area contributed by atoms with Crippen LogP contribution in [0.4, 0.5) is 4.79 Å². The van der Waals surface area contributed by atoms with Crippen molar-refractivity contribution >= 4 is 6.09 Å². The summed E-state index contributed by atoms with van der Waals surface area (Å²) in [7, 11) is 0. The second-order valence-corrected chi connectivity index (χ2v) is 6.40. The molecule has 0 radical (unpaired) electrons. The van der Waals surface area contributed by atoms with Crippen molar-refractivity contribution in [3.8, 4) is 11.1 Å². The SMILES string of the molecule is CC[C@H](O)CN(CC)C(=O)OCC1c2ccccc2-c2ccccc21. The number of nitrogens with zero attached hydrogens (tertiary/aromatic N) is 1. The Labute approximate surface area is 149 Å². The van der Waals surface area contributed by atoms with Crippen LogP contribution in [0.2, 0.25) is 0 Å². The number of aliphatic hydroxyl groups excluding tert-OH is 1. The average molecular weight is 339 g/mol. The molecule has 4 heteroatoms. The number of benzene rings is 2. The molecule has 4 nitrogen and oxygen atoms in total. The molecule has 0 heterocycles. The molecule has 1 N–H and O–H groups in total. The molecule has 0 saturated heterocycles. The Kier molecular flexibility index (Phi) is 5.39. The first kappa shape index (κ1) is 17.5. The van der Waals surface area contributed by atoms with Crippen LogP contribution in [0, 0.1) is 0 Å². The molecule has 1 aliphatic carbocycles. The largest absolute Gasteiger partial charge is 0.448 e.